The van der Waals surface area contributed by atoms with Gasteiger partial charge in [-0.1, -0.05) is 0 Å². The summed E-state index contributed by atoms with van der Waals surface area (Å²) in [6.07, 6.45) is 3.98. The van der Waals surface area contributed by atoms with Crippen LogP contribution in [0.1, 0.15) is 32.6 Å². The zero-order valence-corrected chi connectivity index (χ0v) is 13.6. The molecule has 0 bridgehead atoms. The number of carbonyl (C=O) groups excluding carboxylic acids is 2. The smallest absolute Gasteiger partial charge is 0.317 e. The zero-order chi connectivity index (χ0) is 14.4. The van der Waals surface area contributed by atoms with Gasteiger partial charge in [0.25, 0.3) is 0 Å². The van der Waals surface area contributed by atoms with Crippen LogP contribution in [0, 0.1) is 0 Å². The molecule has 6 nitrogen and oxygen atoms in total. The van der Waals surface area contributed by atoms with E-state index in [1.807, 2.05) is 11.8 Å². The maximum absolute atomic E-state index is 12.1. The topological polar surface area (TPSA) is 64.7 Å². The van der Waals surface area contributed by atoms with Gasteiger partial charge >= 0.3 is 6.03 Å². The van der Waals surface area contributed by atoms with Crippen molar-refractivity contribution in [3.05, 3.63) is 0 Å². The van der Waals surface area contributed by atoms with E-state index in [1.165, 1.54) is 12.8 Å². The quantitative estimate of drug-likeness (QED) is 0.806. The minimum atomic E-state index is -0.0187. The van der Waals surface area contributed by atoms with Crippen molar-refractivity contribution in [2.75, 3.05) is 39.3 Å². The van der Waals surface area contributed by atoms with Crippen molar-refractivity contribution in [2.45, 2.75) is 38.6 Å². The number of piperazine rings is 1. The molecule has 0 radical (unpaired) electrons. The lowest BCUT2D eigenvalue weighted by Crippen LogP contribution is -2.53. The van der Waals surface area contributed by atoms with Crippen LogP contribution in [0.3, 0.4) is 0 Å². The standard InChI is InChI=1S/C14H26N4O2.ClH/c1-2-15-14(20)18-10-8-17(9-11-18)13(19)6-5-12-4-3-7-16-12;/h12,16H,2-11H2,1H3,(H,15,20);1H. The van der Waals surface area contributed by atoms with E-state index in [0.29, 0.717) is 45.2 Å². The molecule has 2 aliphatic heterocycles. The van der Waals surface area contributed by atoms with Crippen LogP contribution in [-0.4, -0.2) is 67.0 Å². The Morgan fingerprint density at radius 3 is 2.43 bits per heavy atom. The van der Waals surface area contributed by atoms with Crippen LogP contribution >= 0.6 is 12.4 Å². The highest BCUT2D eigenvalue weighted by Gasteiger charge is 2.24. The van der Waals surface area contributed by atoms with Gasteiger partial charge in [-0.3, -0.25) is 4.79 Å². The van der Waals surface area contributed by atoms with Gasteiger partial charge in [-0.05, 0) is 32.7 Å². The SMILES string of the molecule is CCNC(=O)N1CCN(C(=O)CCC2CCCN2)CC1.Cl. The maximum atomic E-state index is 12.1. The van der Waals surface area contributed by atoms with Gasteiger partial charge in [-0.15, -0.1) is 12.4 Å². The van der Waals surface area contributed by atoms with Gasteiger partial charge in [0.2, 0.25) is 5.91 Å². The molecule has 7 heteroatoms. The van der Waals surface area contributed by atoms with Gasteiger partial charge in [-0.25, -0.2) is 4.79 Å². The number of halogens is 1. The van der Waals surface area contributed by atoms with Crippen LogP contribution in [0.2, 0.25) is 0 Å². The Balaban J connectivity index is 0.00000220. The molecule has 2 heterocycles. The second kappa shape index (κ2) is 9.10. The fourth-order valence-electron chi connectivity index (χ4n) is 2.88. The van der Waals surface area contributed by atoms with Gasteiger partial charge in [-0.2, -0.15) is 0 Å². The molecule has 2 fully saturated rings. The van der Waals surface area contributed by atoms with Gasteiger partial charge in [0.15, 0.2) is 0 Å². The summed E-state index contributed by atoms with van der Waals surface area (Å²) in [6, 6.07) is 0.505. The number of hydrogen-bond acceptors (Lipinski definition) is 3. The maximum Gasteiger partial charge on any atom is 0.317 e. The predicted molar refractivity (Wildman–Crippen MR) is 84.7 cm³/mol. The molecular formula is C14H27ClN4O2. The predicted octanol–water partition coefficient (Wildman–Crippen LogP) is 0.814. The Morgan fingerprint density at radius 1 is 1.19 bits per heavy atom. The highest BCUT2D eigenvalue weighted by atomic mass is 35.5. The molecule has 122 valence electrons. The van der Waals surface area contributed by atoms with Crippen molar-refractivity contribution in [2.24, 2.45) is 0 Å². The molecule has 0 aliphatic carbocycles. The molecule has 2 aliphatic rings. The summed E-state index contributed by atoms with van der Waals surface area (Å²) in [5.74, 6) is 0.231. The highest BCUT2D eigenvalue weighted by molar-refractivity contribution is 5.85. The molecule has 3 amide bonds. The van der Waals surface area contributed by atoms with E-state index in [4.69, 9.17) is 0 Å². The fourth-order valence-corrected chi connectivity index (χ4v) is 2.88. The van der Waals surface area contributed by atoms with E-state index >= 15 is 0 Å². The summed E-state index contributed by atoms with van der Waals surface area (Å²) in [5, 5.41) is 6.22. The molecular weight excluding hydrogens is 292 g/mol. The van der Waals surface area contributed by atoms with E-state index in [2.05, 4.69) is 10.6 Å². The molecule has 1 unspecified atom stereocenters. The summed E-state index contributed by atoms with van der Waals surface area (Å²) in [7, 11) is 0. The van der Waals surface area contributed by atoms with Crippen LogP contribution in [0.25, 0.3) is 0 Å². The number of amides is 3. The van der Waals surface area contributed by atoms with Crippen LogP contribution in [0.15, 0.2) is 0 Å². The molecule has 0 aromatic carbocycles. The molecule has 2 N–H and O–H groups in total. The average molecular weight is 319 g/mol. The second-order valence-electron chi connectivity index (χ2n) is 5.54. The summed E-state index contributed by atoms with van der Waals surface area (Å²) in [4.78, 5) is 27.5. The average Bonchev–Trinajstić information content (AvgIpc) is 2.98. The minimum Gasteiger partial charge on any atom is -0.339 e. The first-order valence-electron chi connectivity index (χ1n) is 7.74. The minimum absolute atomic E-state index is 0. The van der Waals surface area contributed by atoms with Crippen molar-refractivity contribution < 1.29 is 9.59 Å². The van der Waals surface area contributed by atoms with E-state index in [1.54, 1.807) is 4.90 Å². The number of nitrogens with one attached hydrogen (secondary N) is 2. The molecule has 0 aromatic rings. The van der Waals surface area contributed by atoms with Crippen molar-refractivity contribution in [1.29, 1.82) is 0 Å². The number of urea groups is 1. The van der Waals surface area contributed by atoms with Gasteiger partial charge < -0.3 is 20.4 Å². The first-order valence-corrected chi connectivity index (χ1v) is 7.74. The lowest BCUT2D eigenvalue weighted by molar-refractivity contribution is -0.132. The van der Waals surface area contributed by atoms with Gasteiger partial charge in [0.05, 0.1) is 0 Å². The van der Waals surface area contributed by atoms with Crippen molar-refractivity contribution >= 4 is 24.3 Å². The van der Waals surface area contributed by atoms with Gasteiger partial charge in [0.1, 0.15) is 0 Å². The van der Waals surface area contributed by atoms with Crippen molar-refractivity contribution in [3.8, 4) is 0 Å². The number of rotatable bonds is 4. The van der Waals surface area contributed by atoms with Crippen LogP contribution in [0.5, 0.6) is 0 Å². The summed E-state index contributed by atoms with van der Waals surface area (Å²) in [6.45, 7) is 6.24. The summed E-state index contributed by atoms with van der Waals surface area (Å²) >= 11 is 0. The van der Waals surface area contributed by atoms with Crippen molar-refractivity contribution in [3.63, 3.8) is 0 Å². The lowest BCUT2D eigenvalue weighted by Gasteiger charge is -2.34. The van der Waals surface area contributed by atoms with Gasteiger partial charge in [0, 0.05) is 45.2 Å². The molecule has 2 rings (SSSR count). The third kappa shape index (κ3) is 5.36. The Bertz CT molecular complexity index is 340. The van der Waals surface area contributed by atoms with E-state index < -0.39 is 0 Å². The van der Waals surface area contributed by atoms with E-state index in [0.717, 1.165) is 13.0 Å². The third-order valence-electron chi connectivity index (χ3n) is 4.12. The monoisotopic (exact) mass is 318 g/mol. The van der Waals surface area contributed by atoms with E-state index in [9.17, 15) is 9.59 Å². The molecule has 2 saturated heterocycles. The fraction of sp³-hybridized carbons (Fsp3) is 0.857. The Morgan fingerprint density at radius 2 is 1.86 bits per heavy atom. The lowest BCUT2D eigenvalue weighted by atomic mass is 10.1. The van der Waals surface area contributed by atoms with E-state index in [-0.39, 0.29) is 24.3 Å². The summed E-state index contributed by atoms with van der Waals surface area (Å²) < 4.78 is 0. The first kappa shape index (κ1) is 18.0. The first-order chi connectivity index (χ1) is 9.70. The van der Waals surface area contributed by atoms with Crippen LogP contribution in [-0.2, 0) is 4.79 Å². The normalized spacial score (nSPS) is 21.9. The second-order valence-corrected chi connectivity index (χ2v) is 5.54. The molecule has 0 saturated carbocycles. The van der Waals surface area contributed by atoms with Crippen LogP contribution in [0.4, 0.5) is 4.79 Å². The molecule has 1 atom stereocenters. The van der Waals surface area contributed by atoms with Crippen LogP contribution < -0.4 is 10.6 Å². The molecule has 0 aromatic heterocycles. The number of hydrogen-bond donors (Lipinski definition) is 2. The Hall–Kier alpha value is -1.01. The highest BCUT2D eigenvalue weighted by Crippen LogP contribution is 2.12. The number of carbonyl (C=O) groups is 2. The zero-order valence-electron chi connectivity index (χ0n) is 12.8. The van der Waals surface area contributed by atoms with Crippen molar-refractivity contribution in [1.82, 2.24) is 20.4 Å². The Kier molecular flexibility index (Phi) is 7.82. The third-order valence-corrected chi connectivity index (χ3v) is 4.12. The number of nitrogens with zero attached hydrogens (tertiary/aromatic N) is 2. The largest absolute Gasteiger partial charge is 0.339 e. The molecule has 0 spiro atoms. The molecule has 21 heavy (non-hydrogen) atoms. The summed E-state index contributed by atoms with van der Waals surface area (Å²) in [5.41, 5.74) is 0. The Labute approximate surface area is 133 Å².